The van der Waals surface area contributed by atoms with Gasteiger partial charge in [0.25, 0.3) is 5.91 Å². The number of amides is 1. The van der Waals surface area contributed by atoms with E-state index in [0.29, 0.717) is 17.8 Å². The Hall–Kier alpha value is -3.48. The Labute approximate surface area is 162 Å². The molecule has 0 spiro atoms. The minimum absolute atomic E-state index is 0.225. The van der Waals surface area contributed by atoms with Crippen molar-refractivity contribution in [3.05, 3.63) is 82.9 Å². The minimum Gasteiger partial charge on any atom is -0.497 e. The molecule has 1 heterocycles. The van der Waals surface area contributed by atoms with Gasteiger partial charge in [-0.3, -0.25) is 4.79 Å². The minimum atomic E-state index is -0.310. The van der Waals surface area contributed by atoms with Crippen molar-refractivity contribution in [2.24, 2.45) is 0 Å². The van der Waals surface area contributed by atoms with Crippen LogP contribution in [0.4, 0.5) is 10.3 Å². The van der Waals surface area contributed by atoms with Gasteiger partial charge < -0.3 is 15.4 Å². The van der Waals surface area contributed by atoms with Crippen LogP contribution in [0.15, 0.2) is 54.6 Å². The van der Waals surface area contributed by atoms with Crippen LogP contribution in [-0.4, -0.2) is 23.0 Å². The molecule has 0 unspecified atom stereocenters. The van der Waals surface area contributed by atoms with E-state index in [0.717, 1.165) is 11.3 Å². The van der Waals surface area contributed by atoms with Gasteiger partial charge in [0.15, 0.2) is 0 Å². The van der Waals surface area contributed by atoms with Gasteiger partial charge in [0, 0.05) is 24.3 Å². The number of nitrogens with zero attached hydrogens (tertiary/aromatic N) is 2. The molecular weight excluding hydrogens is 359 g/mol. The molecule has 0 saturated carbocycles. The number of anilines is 1. The lowest BCUT2D eigenvalue weighted by atomic mass is 10.2. The number of hydrogen-bond donors (Lipinski definition) is 2. The van der Waals surface area contributed by atoms with Crippen LogP contribution in [0, 0.1) is 12.7 Å². The van der Waals surface area contributed by atoms with E-state index in [1.54, 1.807) is 38.3 Å². The number of aryl methyl sites for hydroxylation is 1. The first-order valence-corrected chi connectivity index (χ1v) is 8.79. The smallest absolute Gasteiger partial charge is 0.270 e. The first-order chi connectivity index (χ1) is 13.5. The number of carbonyl (C=O) groups excluding carboxylic acids is 1. The maximum atomic E-state index is 13.7. The zero-order valence-corrected chi connectivity index (χ0v) is 15.7. The highest BCUT2D eigenvalue weighted by molar-refractivity contribution is 5.92. The Kier molecular flexibility index (Phi) is 6.16. The summed E-state index contributed by atoms with van der Waals surface area (Å²) in [5.41, 5.74) is 2.33. The largest absolute Gasteiger partial charge is 0.497 e. The average Bonchev–Trinajstić information content (AvgIpc) is 2.71. The van der Waals surface area contributed by atoms with Gasteiger partial charge >= 0.3 is 0 Å². The molecule has 0 radical (unpaired) electrons. The average molecular weight is 380 g/mol. The molecule has 7 heteroatoms. The zero-order valence-electron chi connectivity index (χ0n) is 15.7. The number of aromatic nitrogens is 2. The number of nitrogens with one attached hydrogen (secondary N) is 2. The van der Waals surface area contributed by atoms with E-state index in [9.17, 15) is 9.18 Å². The van der Waals surface area contributed by atoms with Crippen LogP contribution < -0.4 is 15.4 Å². The molecule has 144 valence electrons. The first-order valence-electron chi connectivity index (χ1n) is 8.79. The molecule has 0 atom stereocenters. The monoisotopic (exact) mass is 380 g/mol. The second-order valence-corrected chi connectivity index (χ2v) is 6.19. The number of benzene rings is 2. The molecule has 2 N–H and O–H groups in total. The molecule has 6 nitrogen and oxygen atoms in total. The van der Waals surface area contributed by atoms with E-state index in [1.165, 1.54) is 6.07 Å². The summed E-state index contributed by atoms with van der Waals surface area (Å²) in [6, 6.07) is 15.5. The lowest BCUT2D eigenvalue weighted by molar-refractivity contribution is 0.0945. The second-order valence-electron chi connectivity index (χ2n) is 6.19. The lowest BCUT2D eigenvalue weighted by Crippen LogP contribution is -2.24. The summed E-state index contributed by atoms with van der Waals surface area (Å²) >= 11 is 0. The van der Waals surface area contributed by atoms with Crippen molar-refractivity contribution in [1.29, 1.82) is 0 Å². The van der Waals surface area contributed by atoms with Gasteiger partial charge in [-0.05, 0) is 36.8 Å². The highest BCUT2D eigenvalue weighted by Crippen LogP contribution is 2.12. The Morgan fingerprint density at radius 2 is 1.82 bits per heavy atom. The fraction of sp³-hybridized carbons (Fsp3) is 0.190. The number of carbonyl (C=O) groups is 1. The van der Waals surface area contributed by atoms with Gasteiger partial charge in [-0.25, -0.2) is 14.4 Å². The summed E-state index contributed by atoms with van der Waals surface area (Å²) in [5, 5.41) is 5.80. The number of halogens is 1. The highest BCUT2D eigenvalue weighted by Gasteiger charge is 2.11. The number of ether oxygens (including phenoxy) is 1. The summed E-state index contributed by atoms with van der Waals surface area (Å²) < 4.78 is 18.9. The Morgan fingerprint density at radius 1 is 1.07 bits per heavy atom. The van der Waals surface area contributed by atoms with Crippen molar-refractivity contribution in [3.63, 3.8) is 0 Å². The third-order valence-corrected chi connectivity index (χ3v) is 4.09. The maximum Gasteiger partial charge on any atom is 0.270 e. The lowest BCUT2D eigenvalue weighted by Gasteiger charge is -2.10. The van der Waals surface area contributed by atoms with Crippen LogP contribution in [0.3, 0.4) is 0 Å². The zero-order chi connectivity index (χ0) is 19.9. The summed E-state index contributed by atoms with van der Waals surface area (Å²) in [5.74, 6) is 0.417. The molecule has 0 saturated heterocycles. The van der Waals surface area contributed by atoms with Crippen molar-refractivity contribution in [1.82, 2.24) is 15.3 Å². The molecule has 0 fully saturated rings. The first kappa shape index (κ1) is 19.3. The number of hydrogen-bond acceptors (Lipinski definition) is 5. The molecule has 0 aliphatic carbocycles. The standard InChI is InChI=1S/C21H21FN4O2/c1-14-11-19(20(27)23-12-15-7-9-17(28-2)10-8-15)26-21(25-14)24-13-16-5-3-4-6-18(16)22/h3-11H,12-13H2,1-2H3,(H,23,27)(H,24,25,26). The quantitative estimate of drug-likeness (QED) is 0.656. The molecule has 2 aromatic carbocycles. The van der Waals surface area contributed by atoms with E-state index < -0.39 is 0 Å². The summed E-state index contributed by atoms with van der Waals surface area (Å²) in [6.45, 7) is 2.36. The van der Waals surface area contributed by atoms with Crippen LogP contribution in [0.25, 0.3) is 0 Å². The van der Waals surface area contributed by atoms with Crippen molar-refractivity contribution >= 4 is 11.9 Å². The molecule has 1 amide bonds. The van der Waals surface area contributed by atoms with Gasteiger partial charge in [-0.15, -0.1) is 0 Å². The van der Waals surface area contributed by atoms with E-state index in [-0.39, 0.29) is 29.9 Å². The Bertz CT molecular complexity index is 961. The van der Waals surface area contributed by atoms with E-state index in [2.05, 4.69) is 20.6 Å². The highest BCUT2D eigenvalue weighted by atomic mass is 19.1. The van der Waals surface area contributed by atoms with Crippen molar-refractivity contribution in [3.8, 4) is 5.75 Å². The van der Waals surface area contributed by atoms with E-state index in [1.807, 2.05) is 24.3 Å². The third kappa shape index (κ3) is 5.03. The van der Waals surface area contributed by atoms with Gasteiger partial charge in [-0.1, -0.05) is 30.3 Å². The maximum absolute atomic E-state index is 13.7. The van der Waals surface area contributed by atoms with E-state index in [4.69, 9.17) is 4.74 Å². The van der Waals surface area contributed by atoms with Crippen LogP contribution >= 0.6 is 0 Å². The van der Waals surface area contributed by atoms with Gasteiger partial charge in [0.2, 0.25) is 5.95 Å². The fourth-order valence-corrected chi connectivity index (χ4v) is 2.60. The van der Waals surface area contributed by atoms with Crippen LogP contribution in [-0.2, 0) is 13.1 Å². The summed E-state index contributed by atoms with van der Waals surface area (Å²) in [6.07, 6.45) is 0. The molecule has 0 aliphatic heterocycles. The predicted molar refractivity (Wildman–Crippen MR) is 105 cm³/mol. The van der Waals surface area contributed by atoms with Gasteiger partial charge in [0.05, 0.1) is 7.11 Å². The molecule has 0 aliphatic rings. The third-order valence-electron chi connectivity index (χ3n) is 4.09. The summed E-state index contributed by atoms with van der Waals surface area (Å²) in [7, 11) is 1.60. The normalized spacial score (nSPS) is 10.4. The van der Waals surface area contributed by atoms with Crippen LogP contribution in [0.2, 0.25) is 0 Å². The molecular formula is C21H21FN4O2. The van der Waals surface area contributed by atoms with Gasteiger partial charge in [0.1, 0.15) is 17.3 Å². The Balaban J connectivity index is 1.64. The van der Waals surface area contributed by atoms with Crippen LogP contribution in [0.1, 0.15) is 27.3 Å². The predicted octanol–water partition coefficient (Wildman–Crippen LogP) is 3.47. The molecule has 1 aromatic heterocycles. The van der Waals surface area contributed by atoms with Gasteiger partial charge in [-0.2, -0.15) is 0 Å². The molecule has 3 rings (SSSR count). The summed E-state index contributed by atoms with van der Waals surface area (Å²) in [4.78, 5) is 21.0. The molecule has 3 aromatic rings. The van der Waals surface area contributed by atoms with E-state index >= 15 is 0 Å². The number of methoxy groups -OCH3 is 1. The van der Waals surface area contributed by atoms with Crippen LogP contribution in [0.5, 0.6) is 5.75 Å². The van der Waals surface area contributed by atoms with Crippen molar-refractivity contribution < 1.29 is 13.9 Å². The molecule has 0 bridgehead atoms. The Morgan fingerprint density at radius 3 is 2.54 bits per heavy atom. The topological polar surface area (TPSA) is 76.1 Å². The number of rotatable bonds is 7. The molecule has 28 heavy (non-hydrogen) atoms. The second kappa shape index (κ2) is 8.94. The SMILES string of the molecule is COc1ccc(CNC(=O)c2cc(C)nc(NCc3ccccc3F)n2)cc1. The van der Waals surface area contributed by atoms with Crippen molar-refractivity contribution in [2.75, 3.05) is 12.4 Å². The fourth-order valence-electron chi connectivity index (χ4n) is 2.60. The van der Waals surface area contributed by atoms with Crippen molar-refractivity contribution in [2.45, 2.75) is 20.0 Å².